The Hall–Kier alpha value is -1.22. The van der Waals surface area contributed by atoms with Gasteiger partial charge in [-0.05, 0) is 24.1 Å². The zero-order chi connectivity index (χ0) is 12.3. The van der Waals surface area contributed by atoms with E-state index in [-0.39, 0.29) is 5.91 Å². The van der Waals surface area contributed by atoms with Gasteiger partial charge in [0.1, 0.15) is 0 Å². The topological polar surface area (TPSA) is 46.3 Å². The fourth-order valence-electron chi connectivity index (χ4n) is 1.56. The minimum absolute atomic E-state index is 0.0668. The molecule has 1 amide bonds. The quantitative estimate of drug-likeness (QED) is 0.826. The molecule has 1 rings (SSSR count). The van der Waals surface area contributed by atoms with Crippen molar-refractivity contribution in [3.8, 4) is 0 Å². The molecule has 0 fully saturated rings. The molecule has 2 N–H and O–H groups in total. The Morgan fingerprint density at radius 1 is 1.50 bits per heavy atom. The monoisotopic (exact) mass is 240 g/mol. The molecule has 88 valence electrons. The second kappa shape index (κ2) is 5.21. The number of nitrogens with zero attached hydrogens (tertiary/aromatic N) is 1. The molecule has 0 spiro atoms. The lowest BCUT2D eigenvalue weighted by atomic mass is 10.1. The Kier molecular flexibility index (Phi) is 4.19. The van der Waals surface area contributed by atoms with E-state index in [9.17, 15) is 4.79 Å². The first-order valence-electron chi connectivity index (χ1n) is 5.22. The maximum atomic E-state index is 12.0. The molecule has 0 aliphatic heterocycles. The van der Waals surface area contributed by atoms with Crippen molar-refractivity contribution in [2.45, 2.75) is 13.8 Å². The molecule has 3 nitrogen and oxygen atoms in total. The second-order valence-corrected chi connectivity index (χ2v) is 4.75. The fraction of sp³-hybridized carbons (Fsp3) is 0.417. The third kappa shape index (κ3) is 3.14. The lowest BCUT2D eigenvalue weighted by Gasteiger charge is -2.20. The minimum atomic E-state index is -0.0668. The van der Waals surface area contributed by atoms with Crippen LogP contribution in [0.2, 0.25) is 5.02 Å². The molecule has 1 aromatic rings. The number of rotatable bonds is 3. The van der Waals surface area contributed by atoms with Gasteiger partial charge in [0.25, 0.3) is 5.91 Å². The number of carbonyl (C=O) groups excluding carboxylic acids is 1. The van der Waals surface area contributed by atoms with Crippen LogP contribution in [0.4, 0.5) is 5.69 Å². The van der Waals surface area contributed by atoms with Crippen molar-refractivity contribution in [3.63, 3.8) is 0 Å². The summed E-state index contributed by atoms with van der Waals surface area (Å²) in [7, 11) is 1.77. The molecule has 0 saturated carbocycles. The maximum absolute atomic E-state index is 12.0. The number of benzene rings is 1. The average Bonchev–Trinajstić information content (AvgIpc) is 2.15. The van der Waals surface area contributed by atoms with Crippen molar-refractivity contribution in [2.75, 3.05) is 19.3 Å². The highest BCUT2D eigenvalue weighted by molar-refractivity contribution is 6.31. The summed E-state index contributed by atoms with van der Waals surface area (Å²) in [6.07, 6.45) is 0. The summed E-state index contributed by atoms with van der Waals surface area (Å²) >= 11 is 5.78. The van der Waals surface area contributed by atoms with Gasteiger partial charge in [0, 0.05) is 24.3 Å². The van der Waals surface area contributed by atoms with Crippen molar-refractivity contribution in [1.82, 2.24) is 4.90 Å². The van der Waals surface area contributed by atoms with Crippen LogP contribution in [0.15, 0.2) is 18.2 Å². The molecule has 4 heteroatoms. The van der Waals surface area contributed by atoms with Crippen LogP contribution >= 0.6 is 11.6 Å². The van der Waals surface area contributed by atoms with Crippen LogP contribution in [0.1, 0.15) is 24.2 Å². The summed E-state index contributed by atoms with van der Waals surface area (Å²) in [5.41, 5.74) is 6.69. The predicted octanol–water partition coefficient (Wildman–Crippen LogP) is 2.65. The Labute approximate surface area is 101 Å². The molecule has 0 bridgehead atoms. The predicted molar refractivity (Wildman–Crippen MR) is 67.7 cm³/mol. The van der Waals surface area contributed by atoms with Crippen LogP contribution in [0.5, 0.6) is 0 Å². The molecule has 0 aliphatic carbocycles. The van der Waals surface area contributed by atoms with Crippen molar-refractivity contribution in [3.05, 3.63) is 28.8 Å². The van der Waals surface area contributed by atoms with Crippen molar-refractivity contribution in [2.24, 2.45) is 5.92 Å². The lowest BCUT2D eigenvalue weighted by molar-refractivity contribution is 0.0780. The minimum Gasteiger partial charge on any atom is -0.398 e. The molecule has 0 unspecified atom stereocenters. The van der Waals surface area contributed by atoms with Gasteiger partial charge in [0.2, 0.25) is 0 Å². The SMILES string of the molecule is CC(C)CN(C)C(=O)c1ccc(Cl)cc1N. The Morgan fingerprint density at radius 3 is 2.62 bits per heavy atom. The van der Waals surface area contributed by atoms with Gasteiger partial charge >= 0.3 is 0 Å². The number of nitrogens with two attached hydrogens (primary N) is 1. The lowest BCUT2D eigenvalue weighted by Crippen LogP contribution is -2.30. The van der Waals surface area contributed by atoms with Crippen molar-refractivity contribution >= 4 is 23.2 Å². The van der Waals surface area contributed by atoms with E-state index in [0.717, 1.165) is 0 Å². The molecule has 0 heterocycles. The Balaban J connectivity index is 2.88. The zero-order valence-electron chi connectivity index (χ0n) is 9.83. The van der Waals surface area contributed by atoms with Gasteiger partial charge in [-0.1, -0.05) is 25.4 Å². The van der Waals surface area contributed by atoms with E-state index >= 15 is 0 Å². The molecular formula is C12H17ClN2O. The molecule has 0 aromatic heterocycles. The van der Waals surface area contributed by atoms with Crippen LogP contribution < -0.4 is 5.73 Å². The number of hydrogen-bond donors (Lipinski definition) is 1. The molecule has 0 aliphatic rings. The van der Waals surface area contributed by atoms with Crippen LogP contribution in [-0.2, 0) is 0 Å². The van der Waals surface area contributed by atoms with Crippen LogP contribution in [0.25, 0.3) is 0 Å². The van der Waals surface area contributed by atoms with E-state index in [2.05, 4.69) is 13.8 Å². The van der Waals surface area contributed by atoms with E-state index in [4.69, 9.17) is 17.3 Å². The molecule has 0 saturated heterocycles. The highest BCUT2D eigenvalue weighted by Crippen LogP contribution is 2.19. The number of anilines is 1. The van der Waals surface area contributed by atoms with E-state index in [1.54, 1.807) is 30.1 Å². The highest BCUT2D eigenvalue weighted by Gasteiger charge is 2.15. The standard InChI is InChI=1S/C12H17ClN2O/c1-8(2)7-15(3)12(16)10-5-4-9(13)6-11(10)14/h4-6,8H,7,14H2,1-3H3. The van der Waals surface area contributed by atoms with E-state index in [1.165, 1.54) is 0 Å². The molecule has 1 aromatic carbocycles. The zero-order valence-corrected chi connectivity index (χ0v) is 10.6. The first-order chi connectivity index (χ1) is 7.41. The summed E-state index contributed by atoms with van der Waals surface area (Å²) in [5.74, 6) is 0.366. The molecule has 0 atom stereocenters. The normalized spacial score (nSPS) is 10.6. The maximum Gasteiger partial charge on any atom is 0.255 e. The summed E-state index contributed by atoms with van der Waals surface area (Å²) in [6, 6.07) is 4.93. The third-order valence-electron chi connectivity index (χ3n) is 2.23. The number of halogens is 1. The van der Waals surface area contributed by atoms with Gasteiger partial charge in [-0.3, -0.25) is 4.79 Å². The van der Waals surface area contributed by atoms with E-state index in [0.29, 0.717) is 28.7 Å². The molecular weight excluding hydrogens is 224 g/mol. The summed E-state index contributed by atoms with van der Waals surface area (Å²) in [5, 5.41) is 0.542. The Bertz CT molecular complexity index is 391. The van der Waals surface area contributed by atoms with Crippen molar-refractivity contribution in [1.29, 1.82) is 0 Å². The second-order valence-electron chi connectivity index (χ2n) is 4.31. The van der Waals surface area contributed by atoms with Gasteiger partial charge in [-0.25, -0.2) is 0 Å². The number of hydrogen-bond acceptors (Lipinski definition) is 2. The van der Waals surface area contributed by atoms with E-state index in [1.807, 2.05) is 0 Å². The smallest absolute Gasteiger partial charge is 0.255 e. The largest absolute Gasteiger partial charge is 0.398 e. The summed E-state index contributed by atoms with van der Waals surface area (Å²) < 4.78 is 0. The van der Waals surface area contributed by atoms with E-state index < -0.39 is 0 Å². The summed E-state index contributed by atoms with van der Waals surface area (Å²) in [4.78, 5) is 13.7. The first-order valence-corrected chi connectivity index (χ1v) is 5.60. The Morgan fingerprint density at radius 2 is 2.12 bits per heavy atom. The summed E-state index contributed by atoms with van der Waals surface area (Å²) in [6.45, 7) is 4.84. The van der Waals surface area contributed by atoms with Crippen LogP contribution in [-0.4, -0.2) is 24.4 Å². The van der Waals surface area contributed by atoms with Crippen LogP contribution in [0, 0.1) is 5.92 Å². The van der Waals surface area contributed by atoms with Crippen molar-refractivity contribution < 1.29 is 4.79 Å². The third-order valence-corrected chi connectivity index (χ3v) is 2.46. The number of carbonyl (C=O) groups is 1. The van der Waals surface area contributed by atoms with Gasteiger partial charge in [-0.15, -0.1) is 0 Å². The first kappa shape index (κ1) is 12.8. The average molecular weight is 241 g/mol. The molecule has 16 heavy (non-hydrogen) atoms. The number of amides is 1. The molecule has 0 radical (unpaired) electrons. The van der Waals surface area contributed by atoms with Gasteiger partial charge in [0.15, 0.2) is 0 Å². The highest BCUT2D eigenvalue weighted by atomic mass is 35.5. The fourth-order valence-corrected chi connectivity index (χ4v) is 1.75. The van der Waals surface area contributed by atoms with Gasteiger partial charge in [0.05, 0.1) is 5.56 Å². The number of nitrogen functional groups attached to an aromatic ring is 1. The van der Waals surface area contributed by atoms with Gasteiger partial charge in [-0.2, -0.15) is 0 Å². The van der Waals surface area contributed by atoms with Gasteiger partial charge < -0.3 is 10.6 Å². The van der Waals surface area contributed by atoms with Crippen LogP contribution in [0.3, 0.4) is 0 Å².